The summed E-state index contributed by atoms with van der Waals surface area (Å²) >= 11 is 0. The number of allylic oxidation sites excluding steroid dienone is 2. The highest BCUT2D eigenvalue weighted by Crippen LogP contribution is 2.30. The first kappa shape index (κ1) is 26.3. The van der Waals surface area contributed by atoms with E-state index >= 15 is 0 Å². The second-order valence-corrected chi connectivity index (χ2v) is 9.11. The Hall–Kier alpha value is -1.92. The van der Waals surface area contributed by atoms with E-state index in [0.29, 0.717) is 18.6 Å². The molecule has 6 nitrogen and oxygen atoms in total. The highest BCUT2D eigenvalue weighted by atomic mass is 16.6. The van der Waals surface area contributed by atoms with Crippen LogP contribution < -0.4 is 5.32 Å². The van der Waals surface area contributed by atoms with Crippen LogP contribution in [0.3, 0.4) is 0 Å². The summed E-state index contributed by atoms with van der Waals surface area (Å²) in [4.78, 5) is 23.9. The number of hydrogen-bond donors (Lipinski definition) is 2. The molecule has 2 aliphatic heterocycles. The van der Waals surface area contributed by atoms with Crippen molar-refractivity contribution in [2.24, 2.45) is 0 Å². The van der Waals surface area contributed by atoms with Crippen LogP contribution in [0.25, 0.3) is 0 Å². The first-order valence-electron chi connectivity index (χ1n) is 12.3. The molecule has 32 heavy (non-hydrogen) atoms. The van der Waals surface area contributed by atoms with E-state index in [9.17, 15) is 14.7 Å². The van der Waals surface area contributed by atoms with Crippen molar-refractivity contribution in [3.05, 3.63) is 36.1 Å². The number of rotatable bonds is 16. The molecule has 0 aromatic carbocycles. The van der Waals surface area contributed by atoms with Gasteiger partial charge in [-0.05, 0) is 32.3 Å². The molecule has 1 fully saturated rings. The van der Waals surface area contributed by atoms with Crippen molar-refractivity contribution >= 4 is 11.9 Å². The quantitative estimate of drug-likeness (QED) is 0.152. The normalized spacial score (nSPS) is 25.9. The number of unbranched alkanes of at least 4 members (excludes halogenated alkanes) is 6. The third kappa shape index (κ3) is 9.70. The van der Waals surface area contributed by atoms with Gasteiger partial charge in [0.15, 0.2) is 0 Å². The lowest BCUT2D eigenvalue weighted by atomic mass is 10.0. The minimum atomic E-state index is -0.919. The van der Waals surface area contributed by atoms with E-state index in [4.69, 9.17) is 9.47 Å². The molecule has 2 rings (SSSR count). The van der Waals surface area contributed by atoms with Crippen LogP contribution in [0.2, 0.25) is 0 Å². The number of esters is 1. The molecule has 0 aromatic heterocycles. The summed E-state index contributed by atoms with van der Waals surface area (Å²) in [7, 11) is 0. The van der Waals surface area contributed by atoms with Crippen molar-refractivity contribution in [3.63, 3.8) is 0 Å². The fraction of sp³-hybridized carbons (Fsp3) is 0.692. The average Bonchev–Trinajstić information content (AvgIpc) is 3.43. The molecule has 0 radical (unpaired) electrons. The van der Waals surface area contributed by atoms with Gasteiger partial charge < -0.3 is 19.9 Å². The monoisotopic (exact) mass is 447 g/mol. The maximum Gasteiger partial charge on any atom is 0.355 e. The van der Waals surface area contributed by atoms with Crippen LogP contribution in [0.15, 0.2) is 36.1 Å². The van der Waals surface area contributed by atoms with E-state index in [-0.39, 0.29) is 12.1 Å². The Morgan fingerprint density at radius 2 is 1.88 bits per heavy atom. The first-order valence-corrected chi connectivity index (χ1v) is 12.3. The smallest absolute Gasteiger partial charge is 0.355 e. The largest absolute Gasteiger partial charge is 0.450 e. The molecule has 0 aliphatic carbocycles. The summed E-state index contributed by atoms with van der Waals surface area (Å²) < 4.78 is 11.0. The van der Waals surface area contributed by atoms with Crippen LogP contribution in [0, 0.1) is 0 Å². The lowest BCUT2D eigenvalue weighted by molar-refractivity contribution is -0.146. The number of aliphatic hydroxyl groups excluding tert-OH is 1. The molecule has 0 aromatic rings. The van der Waals surface area contributed by atoms with Gasteiger partial charge >= 0.3 is 5.97 Å². The van der Waals surface area contributed by atoms with Gasteiger partial charge in [0.2, 0.25) is 5.91 Å². The minimum absolute atomic E-state index is 0.121. The number of carbonyl (C=O) groups excluding carboxylic acids is 2. The van der Waals surface area contributed by atoms with Crippen molar-refractivity contribution in [1.82, 2.24) is 5.32 Å². The van der Waals surface area contributed by atoms with Crippen molar-refractivity contribution in [2.75, 3.05) is 0 Å². The highest BCUT2D eigenvalue weighted by molar-refractivity contribution is 5.96. The third-order valence-electron chi connectivity index (χ3n) is 6.09. The summed E-state index contributed by atoms with van der Waals surface area (Å²) in [5, 5.41) is 12.5. The number of cyclic esters (lactones) is 1. The van der Waals surface area contributed by atoms with E-state index in [0.717, 1.165) is 12.8 Å². The molecule has 1 amide bonds. The van der Waals surface area contributed by atoms with Crippen molar-refractivity contribution in [3.8, 4) is 0 Å². The lowest BCUT2D eigenvalue weighted by Crippen LogP contribution is -2.28. The number of amides is 1. The predicted molar refractivity (Wildman–Crippen MR) is 126 cm³/mol. The maximum atomic E-state index is 12.1. The number of aliphatic hydroxyl groups is 1. The lowest BCUT2D eigenvalue weighted by Gasteiger charge is -2.17. The van der Waals surface area contributed by atoms with Gasteiger partial charge in [-0.25, -0.2) is 4.79 Å². The van der Waals surface area contributed by atoms with Crippen molar-refractivity contribution in [2.45, 2.75) is 115 Å². The van der Waals surface area contributed by atoms with Gasteiger partial charge in [-0.2, -0.15) is 0 Å². The van der Waals surface area contributed by atoms with Gasteiger partial charge in [0.25, 0.3) is 0 Å². The predicted octanol–water partition coefficient (Wildman–Crippen LogP) is 4.87. The summed E-state index contributed by atoms with van der Waals surface area (Å²) in [6.45, 7) is 5.94. The molecule has 1 saturated heterocycles. The van der Waals surface area contributed by atoms with Gasteiger partial charge in [0.05, 0.1) is 24.7 Å². The fourth-order valence-corrected chi connectivity index (χ4v) is 3.81. The summed E-state index contributed by atoms with van der Waals surface area (Å²) in [6.07, 6.45) is 20.4. The van der Waals surface area contributed by atoms with Gasteiger partial charge in [0.1, 0.15) is 11.3 Å². The van der Waals surface area contributed by atoms with Crippen LogP contribution in [-0.4, -0.2) is 40.9 Å². The number of hydrogen-bond acceptors (Lipinski definition) is 5. The Morgan fingerprint density at radius 3 is 2.56 bits per heavy atom. The molecule has 4 unspecified atom stereocenters. The average molecular weight is 448 g/mol. The maximum absolute atomic E-state index is 12.1. The number of nitrogens with one attached hydrogen (secondary N) is 1. The van der Waals surface area contributed by atoms with E-state index in [1.165, 1.54) is 44.9 Å². The molecular formula is C26H41NO5. The molecule has 4 atom stereocenters. The molecule has 6 heteroatoms. The molecule has 2 aliphatic rings. The van der Waals surface area contributed by atoms with Gasteiger partial charge in [-0.1, -0.05) is 83.1 Å². The number of ether oxygens (including phenoxy) is 2. The second kappa shape index (κ2) is 13.6. The molecule has 2 heterocycles. The Bertz CT molecular complexity index is 698. The van der Waals surface area contributed by atoms with Gasteiger partial charge in [0, 0.05) is 0 Å². The van der Waals surface area contributed by atoms with Crippen LogP contribution >= 0.6 is 0 Å². The molecular weight excluding hydrogens is 406 g/mol. The summed E-state index contributed by atoms with van der Waals surface area (Å²) in [6, 6.07) is 0. The van der Waals surface area contributed by atoms with E-state index in [1.54, 1.807) is 25.2 Å². The SMILES string of the molecule is CCCCCCCCCC1OC1CC=CC=CC(O)CC(=O)NC1=CC(C)(CC)OC1=O. The van der Waals surface area contributed by atoms with Crippen LogP contribution in [0.4, 0.5) is 0 Å². The Morgan fingerprint density at radius 1 is 1.16 bits per heavy atom. The number of epoxide rings is 1. The fourth-order valence-electron chi connectivity index (χ4n) is 3.81. The molecule has 2 N–H and O–H groups in total. The Kier molecular flexibility index (Phi) is 11.2. The summed E-state index contributed by atoms with van der Waals surface area (Å²) in [5.41, 5.74) is -0.535. The van der Waals surface area contributed by atoms with Crippen LogP contribution in [-0.2, 0) is 19.1 Å². The zero-order valence-corrected chi connectivity index (χ0v) is 20.0. The number of carbonyl (C=O) groups is 2. The molecule has 180 valence electrons. The van der Waals surface area contributed by atoms with Crippen LogP contribution in [0.5, 0.6) is 0 Å². The molecule has 0 saturated carbocycles. The summed E-state index contributed by atoms with van der Waals surface area (Å²) in [5.74, 6) is -0.961. The van der Waals surface area contributed by atoms with E-state index < -0.39 is 23.6 Å². The highest BCUT2D eigenvalue weighted by Gasteiger charge is 2.36. The van der Waals surface area contributed by atoms with Gasteiger partial charge in [-0.15, -0.1) is 0 Å². The van der Waals surface area contributed by atoms with Crippen LogP contribution in [0.1, 0.15) is 91.4 Å². The Balaban J connectivity index is 1.54. The zero-order valence-electron chi connectivity index (χ0n) is 20.0. The van der Waals surface area contributed by atoms with Gasteiger partial charge in [-0.3, -0.25) is 4.79 Å². The first-order chi connectivity index (χ1) is 15.4. The third-order valence-corrected chi connectivity index (χ3v) is 6.09. The molecule has 0 bridgehead atoms. The van der Waals surface area contributed by atoms with E-state index in [1.807, 2.05) is 19.1 Å². The van der Waals surface area contributed by atoms with E-state index in [2.05, 4.69) is 12.2 Å². The molecule has 0 spiro atoms. The standard InChI is InChI=1S/C26H41NO5/c1-4-6-7-8-9-10-13-16-22-23(31-22)17-14-11-12-15-20(28)18-24(29)27-21-19-26(3,5-2)32-25(21)30/h11-12,14-15,19-20,22-23,28H,4-10,13,16-18H2,1-3H3,(H,27,29). The minimum Gasteiger partial charge on any atom is -0.450 e. The van der Waals surface area contributed by atoms with Crippen molar-refractivity contribution < 1.29 is 24.2 Å². The topological polar surface area (TPSA) is 88.2 Å². The Labute approximate surface area is 193 Å². The zero-order chi connectivity index (χ0) is 23.4. The second-order valence-electron chi connectivity index (χ2n) is 9.11. The van der Waals surface area contributed by atoms with Crippen molar-refractivity contribution in [1.29, 1.82) is 0 Å².